The van der Waals surface area contributed by atoms with E-state index in [0.29, 0.717) is 0 Å². The topological polar surface area (TPSA) is 85.5 Å². The number of hydrogen-bond acceptors (Lipinski definition) is 0. The van der Waals surface area contributed by atoms with Crippen LogP contribution < -0.4 is 14.1 Å². The van der Waals surface area contributed by atoms with E-state index >= 15 is 0 Å². The fourth-order valence-corrected chi connectivity index (χ4v) is 0. The first-order valence-corrected chi connectivity index (χ1v) is 0. The minimum atomic E-state index is 0. The average molecular weight is 257 g/mol. The largest absolute Gasteiger partial charge is 3.00 e. The zero-order valence-corrected chi connectivity index (χ0v) is 6.23. The standard InChI is InChI=1S/3FH.Fe.Mo.3O/h3*1H;;;;;/q;;;+3;;3*-2/p-3. The molecule has 0 aliphatic rings. The summed E-state index contributed by atoms with van der Waals surface area (Å²) < 4.78 is 0. The van der Waals surface area contributed by atoms with Crippen molar-refractivity contribution in [1.82, 2.24) is 0 Å². The van der Waals surface area contributed by atoms with E-state index in [9.17, 15) is 0 Å². The molecule has 0 aromatic heterocycles. The summed E-state index contributed by atoms with van der Waals surface area (Å²) in [6.07, 6.45) is 0. The number of rotatable bonds is 0. The maximum atomic E-state index is 0. The molecule has 0 amide bonds. The second-order valence-corrected chi connectivity index (χ2v) is 0. The minimum absolute atomic E-state index is 0. The van der Waals surface area contributed by atoms with Gasteiger partial charge >= 0.3 is 17.1 Å². The van der Waals surface area contributed by atoms with Crippen molar-refractivity contribution >= 4 is 0 Å². The van der Waals surface area contributed by atoms with Gasteiger partial charge in [0.2, 0.25) is 0 Å². The summed E-state index contributed by atoms with van der Waals surface area (Å²) in [6, 6.07) is 0. The SMILES string of the molecule is [F-].[F-].[F-].[Fe+3].[Mo].[O-2].[O-2].[O-2]. The summed E-state index contributed by atoms with van der Waals surface area (Å²) in [5.41, 5.74) is 0. The van der Waals surface area contributed by atoms with E-state index in [0.717, 1.165) is 0 Å². The molecule has 0 unspecified atom stereocenters. The first-order valence-electron chi connectivity index (χ1n) is 0. The van der Waals surface area contributed by atoms with Gasteiger partial charge in [-0.1, -0.05) is 0 Å². The zero-order valence-electron chi connectivity index (χ0n) is 3.12. The van der Waals surface area contributed by atoms with Gasteiger partial charge in [0.05, 0.1) is 0 Å². The molecule has 0 atom stereocenters. The molecule has 0 aromatic rings. The molecule has 0 aromatic carbocycles. The Bertz CT molecular complexity index is 14.5. The molecule has 59 valence electrons. The van der Waals surface area contributed by atoms with E-state index in [2.05, 4.69) is 0 Å². The van der Waals surface area contributed by atoms with Gasteiger partial charge in [0.15, 0.2) is 0 Å². The molecule has 0 rings (SSSR count). The van der Waals surface area contributed by atoms with Crippen LogP contribution in [0.15, 0.2) is 0 Å². The third-order valence-corrected chi connectivity index (χ3v) is 0. The van der Waals surface area contributed by atoms with Gasteiger partial charge in [-0.2, -0.15) is 0 Å². The van der Waals surface area contributed by atoms with Crippen LogP contribution >= 0.6 is 0 Å². The average Bonchev–Trinajstić information content (AvgIpc) is 0. The Labute approximate surface area is 69.0 Å². The molecule has 0 N–H and O–H groups in total. The molecule has 8 heavy (non-hydrogen) atoms. The van der Waals surface area contributed by atoms with Crippen LogP contribution in [0.25, 0.3) is 0 Å². The molecule has 1 radical (unpaired) electrons. The van der Waals surface area contributed by atoms with Crippen molar-refractivity contribution < 1.29 is 68.7 Å². The van der Waals surface area contributed by atoms with E-state index in [4.69, 9.17) is 0 Å². The molecule has 0 saturated heterocycles. The first-order chi connectivity index (χ1) is 0. The van der Waals surface area contributed by atoms with Gasteiger partial charge in [0, 0.05) is 21.1 Å². The van der Waals surface area contributed by atoms with Crippen LogP contribution in [0.3, 0.4) is 0 Å². The van der Waals surface area contributed by atoms with E-state index in [-0.39, 0.29) is 68.7 Å². The maximum Gasteiger partial charge on any atom is 3.00 e. The third kappa shape index (κ3) is 308. The predicted molar refractivity (Wildman–Crippen MR) is 2.06 cm³/mol. The molecule has 8 heteroatoms. The molecule has 0 aliphatic heterocycles. The summed E-state index contributed by atoms with van der Waals surface area (Å²) >= 11 is 0. The predicted octanol–water partition coefficient (Wildman–Crippen LogP) is -9.35. The van der Waals surface area contributed by atoms with E-state index in [1.54, 1.807) is 0 Å². The van der Waals surface area contributed by atoms with Crippen molar-refractivity contribution in [2.75, 3.05) is 0 Å². The molecule has 0 bridgehead atoms. The van der Waals surface area contributed by atoms with Crippen LogP contribution in [-0.2, 0) is 54.6 Å². The smallest absolute Gasteiger partial charge is 2.00 e. The quantitative estimate of drug-likeness (QED) is 0.386. The first kappa shape index (κ1) is 715. The molecule has 0 heterocycles. The summed E-state index contributed by atoms with van der Waals surface area (Å²) in [5.74, 6) is 0. The van der Waals surface area contributed by atoms with Gasteiger partial charge in [-0.25, -0.2) is 0 Å². The van der Waals surface area contributed by atoms with Crippen molar-refractivity contribution in [3.8, 4) is 0 Å². The molecular formula is F3FeMoO3-6. The van der Waals surface area contributed by atoms with Crippen molar-refractivity contribution in [1.29, 1.82) is 0 Å². The second-order valence-electron chi connectivity index (χ2n) is 0. The van der Waals surface area contributed by atoms with Crippen molar-refractivity contribution in [3.05, 3.63) is 0 Å². The van der Waals surface area contributed by atoms with Crippen LogP contribution in [0.2, 0.25) is 0 Å². The fourth-order valence-electron chi connectivity index (χ4n) is 0. The molecular weight excluding hydrogens is 257 g/mol. The maximum absolute atomic E-state index is 0. The van der Waals surface area contributed by atoms with Crippen LogP contribution in [-0.4, -0.2) is 0 Å². The third-order valence-electron chi connectivity index (χ3n) is 0. The number of hydrogen-bond donors (Lipinski definition) is 0. The van der Waals surface area contributed by atoms with Crippen LogP contribution in [0.4, 0.5) is 0 Å². The summed E-state index contributed by atoms with van der Waals surface area (Å²) in [4.78, 5) is 0. The monoisotopic (exact) mass is 259 g/mol. The fraction of sp³-hybridized carbons (Fsp3) is 0. The summed E-state index contributed by atoms with van der Waals surface area (Å²) in [6.45, 7) is 0. The molecule has 0 aliphatic carbocycles. The Morgan fingerprint density at radius 2 is 0.500 bits per heavy atom. The Morgan fingerprint density at radius 3 is 0.500 bits per heavy atom. The second kappa shape index (κ2) is 484. The van der Waals surface area contributed by atoms with Crippen LogP contribution in [0.5, 0.6) is 0 Å². The van der Waals surface area contributed by atoms with Crippen LogP contribution in [0, 0.1) is 0 Å². The van der Waals surface area contributed by atoms with Gasteiger partial charge in [0.25, 0.3) is 0 Å². The Balaban J connectivity index is 0. The van der Waals surface area contributed by atoms with Gasteiger partial charge < -0.3 is 30.5 Å². The summed E-state index contributed by atoms with van der Waals surface area (Å²) in [7, 11) is 0. The van der Waals surface area contributed by atoms with Crippen molar-refractivity contribution in [2.45, 2.75) is 0 Å². The summed E-state index contributed by atoms with van der Waals surface area (Å²) in [5, 5.41) is 0. The van der Waals surface area contributed by atoms with Gasteiger partial charge in [-0.05, 0) is 0 Å². The molecule has 0 saturated carbocycles. The normalized spacial score (nSPS) is 0. The molecule has 0 fully saturated rings. The zero-order chi connectivity index (χ0) is 0. The van der Waals surface area contributed by atoms with Crippen molar-refractivity contribution in [3.63, 3.8) is 0 Å². The van der Waals surface area contributed by atoms with Gasteiger partial charge in [-0.15, -0.1) is 0 Å². The molecule has 0 spiro atoms. The Kier molecular flexibility index (Phi) is 43200. The van der Waals surface area contributed by atoms with Gasteiger partial charge in [-0.3, -0.25) is 0 Å². The van der Waals surface area contributed by atoms with E-state index in [1.807, 2.05) is 0 Å². The Hall–Kier alpha value is 0.878. The van der Waals surface area contributed by atoms with E-state index < -0.39 is 0 Å². The van der Waals surface area contributed by atoms with Gasteiger partial charge in [0.1, 0.15) is 0 Å². The van der Waals surface area contributed by atoms with Crippen LogP contribution in [0.1, 0.15) is 0 Å². The minimum Gasteiger partial charge on any atom is -2.00 e. The van der Waals surface area contributed by atoms with Crippen molar-refractivity contribution in [2.24, 2.45) is 0 Å². The molecule has 3 nitrogen and oxygen atoms in total. The van der Waals surface area contributed by atoms with E-state index in [1.165, 1.54) is 0 Å². The Morgan fingerprint density at radius 1 is 0.500 bits per heavy atom. The number of halogens is 3.